The summed E-state index contributed by atoms with van der Waals surface area (Å²) in [7, 11) is 0. The maximum absolute atomic E-state index is 12.3. The molecule has 0 bridgehead atoms. The number of hydrogen-bond acceptors (Lipinski definition) is 3. The number of carbonyl (C=O) groups is 1. The number of halogens is 1. The van der Waals surface area contributed by atoms with E-state index in [2.05, 4.69) is 41.0 Å². The van der Waals surface area contributed by atoms with Gasteiger partial charge < -0.3 is 4.90 Å². The van der Waals surface area contributed by atoms with Crippen LogP contribution in [0.1, 0.15) is 15.9 Å². The van der Waals surface area contributed by atoms with Crippen molar-refractivity contribution in [1.82, 2.24) is 4.90 Å². The number of hydrogen-bond donors (Lipinski definition) is 0. The van der Waals surface area contributed by atoms with Crippen molar-refractivity contribution in [2.75, 3.05) is 37.6 Å². The molecule has 1 aliphatic heterocycles. The fraction of sp³-hybridized carbons (Fsp3) is 0.316. The summed E-state index contributed by atoms with van der Waals surface area (Å²) in [4.78, 5) is 16.9. The summed E-state index contributed by atoms with van der Waals surface area (Å²) in [6, 6.07) is 15.7. The predicted octanol–water partition coefficient (Wildman–Crippen LogP) is 3.65. The van der Waals surface area contributed by atoms with Crippen molar-refractivity contribution in [3.8, 4) is 0 Å². The van der Waals surface area contributed by atoms with Gasteiger partial charge in [0.25, 0.3) is 0 Å². The molecule has 0 N–H and O–H groups in total. The summed E-state index contributed by atoms with van der Waals surface area (Å²) in [6.07, 6.45) is 0. The van der Waals surface area contributed by atoms with E-state index in [0.717, 1.165) is 31.7 Å². The van der Waals surface area contributed by atoms with E-state index in [0.29, 0.717) is 11.6 Å². The second kappa shape index (κ2) is 7.16. The summed E-state index contributed by atoms with van der Waals surface area (Å²) in [5, 5.41) is 0.660. The molecule has 2 aromatic carbocycles. The van der Waals surface area contributed by atoms with Crippen LogP contribution in [0, 0.1) is 6.92 Å². The van der Waals surface area contributed by atoms with Gasteiger partial charge in [-0.15, -0.1) is 0 Å². The Kier molecular flexibility index (Phi) is 4.99. The van der Waals surface area contributed by atoms with Gasteiger partial charge in [0.05, 0.1) is 6.54 Å². The standard InChI is InChI=1S/C19H21ClN2O/c1-15-3-2-4-18(13-15)22-11-9-21(10-12-22)14-19(23)16-5-7-17(20)8-6-16/h2-8,13H,9-12,14H2,1H3. The number of ketones is 1. The minimum Gasteiger partial charge on any atom is -0.369 e. The first kappa shape index (κ1) is 16.0. The number of piperazine rings is 1. The molecule has 0 spiro atoms. The average Bonchev–Trinajstić information content (AvgIpc) is 2.56. The average molecular weight is 329 g/mol. The lowest BCUT2D eigenvalue weighted by Crippen LogP contribution is -2.48. The molecule has 1 aliphatic rings. The predicted molar refractivity (Wildman–Crippen MR) is 95.6 cm³/mol. The highest BCUT2D eigenvalue weighted by molar-refractivity contribution is 6.30. The Labute approximate surface area is 142 Å². The summed E-state index contributed by atoms with van der Waals surface area (Å²) in [5.74, 6) is 0.158. The molecule has 0 saturated carbocycles. The zero-order valence-electron chi connectivity index (χ0n) is 13.3. The second-order valence-electron chi connectivity index (χ2n) is 6.03. The molecule has 0 unspecified atom stereocenters. The highest BCUT2D eigenvalue weighted by atomic mass is 35.5. The second-order valence-corrected chi connectivity index (χ2v) is 6.47. The fourth-order valence-electron chi connectivity index (χ4n) is 2.92. The van der Waals surface area contributed by atoms with Gasteiger partial charge in [0.15, 0.2) is 5.78 Å². The van der Waals surface area contributed by atoms with Crippen molar-refractivity contribution in [3.63, 3.8) is 0 Å². The zero-order chi connectivity index (χ0) is 16.2. The minimum atomic E-state index is 0.158. The number of aryl methyl sites for hydroxylation is 1. The first-order chi connectivity index (χ1) is 11.1. The number of Topliss-reactive ketones (excluding diaryl/α,β-unsaturated/α-hetero) is 1. The van der Waals surface area contributed by atoms with E-state index in [1.54, 1.807) is 24.3 Å². The van der Waals surface area contributed by atoms with Crippen molar-refractivity contribution in [2.24, 2.45) is 0 Å². The fourth-order valence-corrected chi connectivity index (χ4v) is 3.04. The molecule has 1 saturated heterocycles. The molecule has 23 heavy (non-hydrogen) atoms. The van der Waals surface area contributed by atoms with Gasteiger partial charge in [-0.05, 0) is 48.9 Å². The monoisotopic (exact) mass is 328 g/mol. The van der Waals surface area contributed by atoms with Crippen molar-refractivity contribution in [3.05, 3.63) is 64.7 Å². The largest absolute Gasteiger partial charge is 0.369 e. The smallest absolute Gasteiger partial charge is 0.176 e. The summed E-state index contributed by atoms with van der Waals surface area (Å²) in [6.45, 7) is 6.32. The molecular weight excluding hydrogens is 308 g/mol. The Hall–Kier alpha value is -1.84. The maximum atomic E-state index is 12.3. The van der Waals surface area contributed by atoms with E-state index in [1.807, 2.05) is 0 Å². The molecule has 2 aromatic rings. The molecule has 0 atom stereocenters. The maximum Gasteiger partial charge on any atom is 0.176 e. The van der Waals surface area contributed by atoms with Crippen LogP contribution in [-0.4, -0.2) is 43.4 Å². The van der Waals surface area contributed by atoms with Crippen LogP contribution < -0.4 is 4.90 Å². The van der Waals surface area contributed by atoms with Crippen molar-refractivity contribution in [2.45, 2.75) is 6.92 Å². The topological polar surface area (TPSA) is 23.6 Å². The lowest BCUT2D eigenvalue weighted by Gasteiger charge is -2.35. The van der Waals surface area contributed by atoms with Gasteiger partial charge in [0.2, 0.25) is 0 Å². The third kappa shape index (κ3) is 4.12. The first-order valence-corrected chi connectivity index (χ1v) is 8.32. The molecular formula is C19H21ClN2O. The highest BCUT2D eigenvalue weighted by Gasteiger charge is 2.19. The van der Waals surface area contributed by atoms with E-state index in [1.165, 1.54) is 11.3 Å². The van der Waals surface area contributed by atoms with E-state index < -0.39 is 0 Å². The number of carbonyl (C=O) groups excluding carboxylic acids is 1. The molecule has 0 radical (unpaired) electrons. The molecule has 0 aromatic heterocycles. The van der Waals surface area contributed by atoms with Gasteiger partial charge in [-0.2, -0.15) is 0 Å². The van der Waals surface area contributed by atoms with Crippen LogP contribution in [0.3, 0.4) is 0 Å². The van der Waals surface area contributed by atoms with Crippen LogP contribution in [0.5, 0.6) is 0 Å². The van der Waals surface area contributed by atoms with Crippen LogP contribution in [0.2, 0.25) is 5.02 Å². The van der Waals surface area contributed by atoms with E-state index in [4.69, 9.17) is 11.6 Å². The Morgan fingerprint density at radius 2 is 1.74 bits per heavy atom. The Bertz CT molecular complexity index is 676. The summed E-state index contributed by atoms with van der Waals surface area (Å²) < 4.78 is 0. The van der Waals surface area contributed by atoms with Crippen LogP contribution >= 0.6 is 11.6 Å². The van der Waals surface area contributed by atoms with Crippen molar-refractivity contribution in [1.29, 1.82) is 0 Å². The van der Waals surface area contributed by atoms with Gasteiger partial charge in [0, 0.05) is 42.5 Å². The molecule has 4 heteroatoms. The number of nitrogens with zero attached hydrogens (tertiary/aromatic N) is 2. The Balaban J connectivity index is 1.55. The number of anilines is 1. The van der Waals surface area contributed by atoms with E-state index in [-0.39, 0.29) is 5.78 Å². The van der Waals surface area contributed by atoms with Crippen LogP contribution in [-0.2, 0) is 0 Å². The van der Waals surface area contributed by atoms with Crippen LogP contribution in [0.25, 0.3) is 0 Å². The van der Waals surface area contributed by atoms with Gasteiger partial charge in [-0.25, -0.2) is 0 Å². The first-order valence-electron chi connectivity index (χ1n) is 7.94. The number of benzene rings is 2. The normalized spacial score (nSPS) is 15.7. The lowest BCUT2D eigenvalue weighted by atomic mass is 10.1. The van der Waals surface area contributed by atoms with Gasteiger partial charge >= 0.3 is 0 Å². The van der Waals surface area contributed by atoms with Crippen molar-refractivity contribution >= 4 is 23.1 Å². The zero-order valence-corrected chi connectivity index (χ0v) is 14.1. The summed E-state index contributed by atoms with van der Waals surface area (Å²) >= 11 is 5.87. The molecule has 120 valence electrons. The molecule has 1 heterocycles. The minimum absolute atomic E-state index is 0.158. The Morgan fingerprint density at radius 3 is 2.39 bits per heavy atom. The third-order valence-electron chi connectivity index (χ3n) is 4.27. The highest BCUT2D eigenvalue weighted by Crippen LogP contribution is 2.18. The molecule has 3 nitrogen and oxygen atoms in total. The van der Waals surface area contributed by atoms with Gasteiger partial charge in [0.1, 0.15) is 0 Å². The van der Waals surface area contributed by atoms with Crippen LogP contribution in [0.4, 0.5) is 5.69 Å². The SMILES string of the molecule is Cc1cccc(N2CCN(CC(=O)c3ccc(Cl)cc3)CC2)c1. The van der Waals surface area contributed by atoms with E-state index >= 15 is 0 Å². The Morgan fingerprint density at radius 1 is 1.04 bits per heavy atom. The quantitative estimate of drug-likeness (QED) is 0.800. The van der Waals surface area contributed by atoms with Crippen LogP contribution in [0.15, 0.2) is 48.5 Å². The molecule has 0 amide bonds. The molecule has 1 fully saturated rings. The van der Waals surface area contributed by atoms with Gasteiger partial charge in [-0.3, -0.25) is 9.69 Å². The molecule has 0 aliphatic carbocycles. The molecule has 3 rings (SSSR count). The van der Waals surface area contributed by atoms with E-state index in [9.17, 15) is 4.79 Å². The lowest BCUT2D eigenvalue weighted by molar-refractivity contribution is 0.0926. The van der Waals surface area contributed by atoms with Crippen molar-refractivity contribution < 1.29 is 4.79 Å². The number of rotatable bonds is 4. The van der Waals surface area contributed by atoms with Gasteiger partial charge in [-0.1, -0.05) is 23.7 Å². The third-order valence-corrected chi connectivity index (χ3v) is 4.52. The summed E-state index contributed by atoms with van der Waals surface area (Å²) in [5.41, 5.74) is 3.28.